The Morgan fingerprint density at radius 2 is 1.78 bits per heavy atom. The second-order valence-electron chi connectivity index (χ2n) is 8.38. The minimum absolute atomic E-state index is 0.112. The molecular formula is C22H21ClF4N2O3. The van der Waals surface area contributed by atoms with Gasteiger partial charge in [0.2, 0.25) is 5.91 Å². The lowest BCUT2D eigenvalue weighted by Gasteiger charge is -2.27. The number of hydrogen-bond acceptors (Lipinski definition) is 3. The zero-order valence-corrected chi connectivity index (χ0v) is 18.3. The number of ether oxygens (including phenoxy) is 1. The zero-order chi connectivity index (χ0) is 23.8. The lowest BCUT2D eigenvalue weighted by molar-refractivity contribution is -0.120. The number of nitrogens with zero attached hydrogens (tertiary/aromatic N) is 1. The molecular weight excluding hydrogens is 452 g/mol. The fourth-order valence-electron chi connectivity index (χ4n) is 3.34. The van der Waals surface area contributed by atoms with Gasteiger partial charge in [0.25, 0.3) is 0 Å². The molecule has 0 spiro atoms. The van der Waals surface area contributed by atoms with E-state index in [1.807, 2.05) is 0 Å². The minimum Gasteiger partial charge on any atom is -0.444 e. The Hall–Kier alpha value is -2.81. The molecule has 1 saturated heterocycles. The van der Waals surface area contributed by atoms with Gasteiger partial charge in [-0.05, 0) is 39.0 Å². The minimum atomic E-state index is -1.45. The maximum Gasteiger partial charge on any atom is 0.411 e. The van der Waals surface area contributed by atoms with E-state index < -0.39 is 47.3 Å². The number of rotatable bonds is 3. The van der Waals surface area contributed by atoms with Gasteiger partial charge in [0.1, 0.15) is 17.8 Å². The predicted octanol–water partition coefficient (Wildman–Crippen LogP) is 5.71. The van der Waals surface area contributed by atoms with Crippen LogP contribution in [0.25, 0.3) is 11.1 Å². The first kappa shape index (κ1) is 23.8. The summed E-state index contributed by atoms with van der Waals surface area (Å²) in [4.78, 5) is 26.1. The molecule has 32 heavy (non-hydrogen) atoms. The highest BCUT2D eigenvalue weighted by molar-refractivity contribution is 6.33. The molecule has 2 unspecified atom stereocenters. The second kappa shape index (κ2) is 8.97. The molecule has 10 heteroatoms. The predicted molar refractivity (Wildman–Crippen MR) is 112 cm³/mol. The summed E-state index contributed by atoms with van der Waals surface area (Å²) in [7, 11) is 0. The maximum atomic E-state index is 15.1. The Morgan fingerprint density at radius 1 is 1.12 bits per heavy atom. The largest absolute Gasteiger partial charge is 0.444 e. The van der Waals surface area contributed by atoms with Crippen molar-refractivity contribution in [1.82, 2.24) is 4.90 Å². The van der Waals surface area contributed by atoms with E-state index in [0.29, 0.717) is 0 Å². The number of alkyl halides is 1. The van der Waals surface area contributed by atoms with Gasteiger partial charge < -0.3 is 10.1 Å². The third-order valence-electron chi connectivity index (χ3n) is 4.74. The molecule has 1 aliphatic heterocycles. The highest BCUT2D eigenvalue weighted by atomic mass is 35.5. The molecule has 172 valence electrons. The van der Waals surface area contributed by atoms with E-state index in [9.17, 15) is 22.8 Å². The first-order valence-electron chi connectivity index (χ1n) is 9.75. The van der Waals surface area contributed by atoms with Gasteiger partial charge in [-0.25, -0.2) is 22.4 Å². The monoisotopic (exact) mass is 472 g/mol. The van der Waals surface area contributed by atoms with Crippen molar-refractivity contribution in [2.24, 2.45) is 0 Å². The van der Waals surface area contributed by atoms with Crippen molar-refractivity contribution in [3.05, 3.63) is 52.8 Å². The molecule has 3 rings (SSSR count). The van der Waals surface area contributed by atoms with Crippen LogP contribution in [0.4, 0.5) is 28.0 Å². The van der Waals surface area contributed by atoms with Gasteiger partial charge in [-0.3, -0.25) is 9.69 Å². The van der Waals surface area contributed by atoms with Crippen LogP contribution < -0.4 is 5.32 Å². The van der Waals surface area contributed by atoms with Crippen LogP contribution in [0.1, 0.15) is 27.2 Å². The summed E-state index contributed by atoms with van der Waals surface area (Å²) >= 11 is 5.93. The number of nitrogens with one attached hydrogen (secondary N) is 1. The number of likely N-dealkylation sites (tertiary alicyclic amines) is 1. The van der Waals surface area contributed by atoms with Crippen molar-refractivity contribution < 1.29 is 31.9 Å². The van der Waals surface area contributed by atoms with E-state index in [0.717, 1.165) is 17.0 Å². The van der Waals surface area contributed by atoms with E-state index in [1.165, 1.54) is 18.2 Å². The molecule has 0 saturated carbocycles. The average Bonchev–Trinajstić information content (AvgIpc) is 3.07. The van der Waals surface area contributed by atoms with Gasteiger partial charge >= 0.3 is 6.09 Å². The van der Waals surface area contributed by atoms with E-state index in [4.69, 9.17) is 16.3 Å². The van der Waals surface area contributed by atoms with E-state index in [1.54, 1.807) is 20.8 Å². The van der Waals surface area contributed by atoms with Gasteiger partial charge in [-0.1, -0.05) is 23.7 Å². The molecule has 1 fully saturated rings. The van der Waals surface area contributed by atoms with E-state index in [2.05, 4.69) is 5.32 Å². The number of benzene rings is 2. The van der Waals surface area contributed by atoms with Crippen LogP contribution in [0.15, 0.2) is 30.3 Å². The quantitative estimate of drug-likeness (QED) is 0.460. The Morgan fingerprint density at radius 3 is 2.44 bits per heavy atom. The molecule has 1 heterocycles. The summed E-state index contributed by atoms with van der Waals surface area (Å²) < 4.78 is 61.3. The molecule has 1 N–H and O–H groups in total. The van der Waals surface area contributed by atoms with Crippen LogP contribution in [0.5, 0.6) is 0 Å². The van der Waals surface area contributed by atoms with Gasteiger partial charge in [0.15, 0.2) is 17.5 Å². The van der Waals surface area contributed by atoms with Gasteiger partial charge in [0.05, 0.1) is 17.3 Å². The van der Waals surface area contributed by atoms with Crippen LogP contribution in [0, 0.1) is 17.5 Å². The number of carbonyl (C=O) groups is 2. The summed E-state index contributed by atoms with van der Waals surface area (Å²) in [5, 5.41) is 2.11. The number of halogens is 5. The van der Waals surface area contributed by atoms with Crippen molar-refractivity contribution in [1.29, 1.82) is 0 Å². The average molecular weight is 473 g/mol. The maximum absolute atomic E-state index is 15.1. The number of amides is 2. The van der Waals surface area contributed by atoms with Crippen molar-refractivity contribution in [3.63, 3.8) is 0 Å². The summed E-state index contributed by atoms with van der Waals surface area (Å²) in [6, 6.07) is 4.15. The molecule has 0 radical (unpaired) electrons. The normalized spacial score (nSPS) is 18.6. The van der Waals surface area contributed by atoms with Crippen LogP contribution >= 0.6 is 11.6 Å². The van der Waals surface area contributed by atoms with Crippen molar-refractivity contribution >= 4 is 29.3 Å². The highest BCUT2D eigenvalue weighted by Crippen LogP contribution is 2.34. The Balaban J connectivity index is 1.86. The Bertz CT molecular complexity index is 1060. The second-order valence-corrected chi connectivity index (χ2v) is 8.79. The SMILES string of the molecule is CC(C)(C)OC(=O)N1CC(F)CC1C(=O)Nc1cccc(-c2cc(F)c(F)cc2Cl)c1F. The molecule has 1 aliphatic rings. The number of hydrogen-bond donors (Lipinski definition) is 1. The topological polar surface area (TPSA) is 58.6 Å². The summed E-state index contributed by atoms with van der Waals surface area (Å²) in [5.74, 6) is -4.17. The smallest absolute Gasteiger partial charge is 0.411 e. The third kappa shape index (κ3) is 5.15. The van der Waals surface area contributed by atoms with Gasteiger partial charge in [-0.15, -0.1) is 0 Å². The lowest BCUT2D eigenvalue weighted by Crippen LogP contribution is -2.45. The molecule has 0 bridgehead atoms. The van der Waals surface area contributed by atoms with Crippen molar-refractivity contribution in [2.75, 3.05) is 11.9 Å². The van der Waals surface area contributed by atoms with E-state index in [-0.39, 0.29) is 34.8 Å². The molecule has 2 amide bonds. The van der Waals surface area contributed by atoms with Crippen LogP contribution in [0.3, 0.4) is 0 Å². The van der Waals surface area contributed by atoms with E-state index >= 15 is 4.39 Å². The fourth-order valence-corrected chi connectivity index (χ4v) is 3.59. The van der Waals surface area contributed by atoms with Crippen molar-refractivity contribution in [3.8, 4) is 11.1 Å². The summed E-state index contributed by atoms with van der Waals surface area (Å²) in [6.45, 7) is 4.56. The van der Waals surface area contributed by atoms with Crippen LogP contribution in [-0.2, 0) is 9.53 Å². The van der Waals surface area contributed by atoms with Gasteiger partial charge in [0, 0.05) is 17.5 Å². The number of anilines is 1. The Labute approximate surface area is 187 Å². The molecule has 2 aromatic carbocycles. The molecule has 2 aromatic rings. The lowest BCUT2D eigenvalue weighted by atomic mass is 10.0. The summed E-state index contributed by atoms with van der Waals surface area (Å²) in [5.41, 5.74) is -1.43. The molecule has 0 aliphatic carbocycles. The molecule has 5 nitrogen and oxygen atoms in total. The van der Waals surface area contributed by atoms with Crippen LogP contribution in [-0.4, -0.2) is 41.3 Å². The number of carbonyl (C=O) groups excluding carboxylic acids is 2. The van der Waals surface area contributed by atoms with Crippen molar-refractivity contribution in [2.45, 2.75) is 45.0 Å². The summed E-state index contributed by atoms with van der Waals surface area (Å²) in [6.07, 6.45) is -2.59. The highest BCUT2D eigenvalue weighted by Gasteiger charge is 2.42. The van der Waals surface area contributed by atoms with Gasteiger partial charge in [-0.2, -0.15) is 0 Å². The standard InChI is InChI=1S/C22H21ClF4N2O3/c1-22(2,3)32-21(31)29-10-11(24)7-18(29)20(30)28-17-6-4-5-12(19(17)27)13-8-15(25)16(26)9-14(13)23/h4-6,8-9,11,18H,7,10H2,1-3H3,(H,28,30). The van der Waals surface area contributed by atoms with Crippen LogP contribution in [0.2, 0.25) is 5.02 Å². The molecule has 2 atom stereocenters. The fraction of sp³-hybridized carbons (Fsp3) is 0.364. The zero-order valence-electron chi connectivity index (χ0n) is 17.5. The first-order chi connectivity index (χ1) is 14.9. The third-order valence-corrected chi connectivity index (χ3v) is 5.05. The first-order valence-corrected chi connectivity index (χ1v) is 10.1. The molecule has 0 aromatic heterocycles. The Kier molecular flexibility index (Phi) is 6.69.